The molecule has 0 bridgehead atoms. The number of carbonyl (C=O) groups is 1. The van der Waals surface area contributed by atoms with E-state index >= 15 is 0 Å². The number of hydrogen-bond acceptors (Lipinski definition) is 5. The zero-order chi connectivity index (χ0) is 27.8. The molecule has 2 N–H and O–H groups in total. The van der Waals surface area contributed by atoms with Crippen molar-refractivity contribution in [1.29, 1.82) is 0 Å². The van der Waals surface area contributed by atoms with Gasteiger partial charge in [0.05, 0.1) is 24.7 Å². The zero-order valence-electron chi connectivity index (χ0n) is 25.2. The third-order valence-corrected chi connectivity index (χ3v) is 13.7. The summed E-state index contributed by atoms with van der Waals surface area (Å²) in [5, 5.41) is 21.5. The number of esters is 1. The van der Waals surface area contributed by atoms with Gasteiger partial charge in [-0.25, -0.2) is 0 Å². The Morgan fingerprint density at radius 3 is 2.34 bits per heavy atom. The quantitative estimate of drug-likeness (QED) is 0.247. The van der Waals surface area contributed by atoms with Gasteiger partial charge in [-0.2, -0.15) is 0 Å². The molecule has 0 radical (unpaired) electrons. The number of methoxy groups -OCH3 is 1. The number of rotatable bonds is 5. The van der Waals surface area contributed by atoms with Crippen LogP contribution in [0.15, 0.2) is 11.6 Å². The van der Waals surface area contributed by atoms with E-state index in [1.54, 1.807) is 12.7 Å². The fourth-order valence-corrected chi connectivity index (χ4v) is 11.0. The highest BCUT2D eigenvalue weighted by Crippen LogP contribution is 2.75. The highest BCUT2D eigenvalue weighted by atomic mass is 16.6. The lowest BCUT2D eigenvalue weighted by Crippen LogP contribution is -2.66. The molecule has 0 amide bonds. The Morgan fingerprint density at radius 2 is 1.66 bits per heavy atom. The van der Waals surface area contributed by atoms with Gasteiger partial charge in [0.2, 0.25) is 0 Å². The Morgan fingerprint density at radius 1 is 0.947 bits per heavy atom. The van der Waals surface area contributed by atoms with Crippen LogP contribution in [-0.4, -0.2) is 49.2 Å². The second kappa shape index (κ2) is 9.31. The minimum Gasteiger partial charge on any atom is -0.463 e. The number of aliphatic hydroxyl groups excluding tert-OH is 2. The average molecular weight is 531 g/mol. The molecule has 0 aromatic carbocycles. The summed E-state index contributed by atoms with van der Waals surface area (Å²) in [6.45, 7) is 15.3. The molecule has 5 aliphatic carbocycles. The first-order chi connectivity index (χ1) is 17.7. The molecule has 5 heteroatoms. The predicted octanol–water partition coefficient (Wildman–Crippen LogP) is 6.31. The Hall–Kier alpha value is -0.910. The van der Waals surface area contributed by atoms with Crippen LogP contribution < -0.4 is 0 Å². The molecule has 1 unspecified atom stereocenters. The lowest BCUT2D eigenvalue weighted by atomic mass is 9.33. The van der Waals surface area contributed by atoms with Crippen LogP contribution in [0, 0.1) is 50.2 Å². The molecule has 0 aromatic rings. The summed E-state index contributed by atoms with van der Waals surface area (Å²) in [6, 6.07) is 0. The van der Waals surface area contributed by atoms with Crippen molar-refractivity contribution in [1.82, 2.24) is 0 Å². The summed E-state index contributed by atoms with van der Waals surface area (Å²) < 4.78 is 11.1. The van der Waals surface area contributed by atoms with Crippen LogP contribution >= 0.6 is 0 Å². The van der Waals surface area contributed by atoms with E-state index < -0.39 is 16.9 Å². The Bertz CT molecular complexity index is 972. The fraction of sp³-hybridized carbons (Fsp3) is 0.909. The molecule has 5 rings (SSSR count). The highest BCUT2D eigenvalue weighted by molar-refractivity contribution is 5.78. The number of hydrogen-bond donors (Lipinski definition) is 2. The minimum absolute atomic E-state index is 0.000858. The monoisotopic (exact) mass is 530 g/mol. The van der Waals surface area contributed by atoms with Gasteiger partial charge in [-0.05, 0) is 104 Å². The molecule has 4 saturated carbocycles. The zero-order valence-corrected chi connectivity index (χ0v) is 25.2. The Balaban J connectivity index is 1.55. The Kier molecular flexibility index (Phi) is 7.01. The lowest BCUT2D eigenvalue weighted by molar-refractivity contribution is -0.217. The molecule has 5 nitrogen and oxygen atoms in total. The molecule has 0 saturated heterocycles. The van der Waals surface area contributed by atoms with Crippen LogP contribution in [0.3, 0.4) is 0 Å². The van der Waals surface area contributed by atoms with Crippen molar-refractivity contribution in [3.05, 3.63) is 11.6 Å². The van der Waals surface area contributed by atoms with Crippen molar-refractivity contribution in [2.45, 2.75) is 112 Å². The topological polar surface area (TPSA) is 76.0 Å². The standard InChI is InChI=1S/C33H54O5/c1-28(2)14-16-33(27(36)38-19-18-37-7)17-15-31(5)22(23(33)20-28)8-9-25-29(3)12-11-26(35)30(4,21-34)24(29)10-13-32(25,31)6/h8,23-26,34-35H,9-21H2,1-7H3/t23-,24?,25-,26+,29+,30+,31-,32-,33+/m1/s1. The van der Waals surface area contributed by atoms with E-state index in [0.29, 0.717) is 25.0 Å². The van der Waals surface area contributed by atoms with E-state index in [2.05, 4.69) is 47.6 Å². The first-order valence-electron chi connectivity index (χ1n) is 15.4. The maximum absolute atomic E-state index is 13.8. The largest absolute Gasteiger partial charge is 0.463 e. The van der Waals surface area contributed by atoms with Gasteiger partial charge in [-0.1, -0.05) is 53.2 Å². The predicted molar refractivity (Wildman–Crippen MR) is 149 cm³/mol. The third-order valence-electron chi connectivity index (χ3n) is 13.7. The molecule has 5 aliphatic rings. The van der Waals surface area contributed by atoms with Gasteiger partial charge in [0.25, 0.3) is 0 Å². The number of allylic oxidation sites excluding steroid dienone is 2. The molecule has 0 aliphatic heterocycles. The van der Waals surface area contributed by atoms with Crippen molar-refractivity contribution in [3.63, 3.8) is 0 Å². The number of ether oxygens (including phenoxy) is 2. The average Bonchev–Trinajstić information content (AvgIpc) is 2.86. The van der Waals surface area contributed by atoms with Crippen molar-refractivity contribution < 1.29 is 24.5 Å². The van der Waals surface area contributed by atoms with Gasteiger partial charge in [0, 0.05) is 12.5 Å². The molecule has 4 fully saturated rings. The second-order valence-corrected chi connectivity index (χ2v) is 15.7. The van der Waals surface area contributed by atoms with Crippen molar-refractivity contribution in [3.8, 4) is 0 Å². The second-order valence-electron chi connectivity index (χ2n) is 15.7. The first-order valence-corrected chi connectivity index (χ1v) is 15.4. The summed E-state index contributed by atoms with van der Waals surface area (Å²) >= 11 is 0. The molecule has 0 aromatic heterocycles. The van der Waals surface area contributed by atoms with Crippen LogP contribution in [0.25, 0.3) is 0 Å². The van der Waals surface area contributed by atoms with Crippen molar-refractivity contribution >= 4 is 5.97 Å². The van der Waals surface area contributed by atoms with Crippen LogP contribution in [0.5, 0.6) is 0 Å². The van der Waals surface area contributed by atoms with Crippen molar-refractivity contribution in [2.75, 3.05) is 26.9 Å². The number of fused-ring (bicyclic) bond motifs is 7. The molecule has 0 heterocycles. The molecule has 216 valence electrons. The van der Waals surface area contributed by atoms with Crippen LogP contribution in [0.2, 0.25) is 0 Å². The lowest BCUT2D eigenvalue weighted by Gasteiger charge is -2.71. The molecular weight excluding hydrogens is 476 g/mol. The summed E-state index contributed by atoms with van der Waals surface area (Å²) in [6.07, 6.45) is 12.1. The first kappa shape index (κ1) is 28.6. The third kappa shape index (κ3) is 3.76. The fourth-order valence-electron chi connectivity index (χ4n) is 11.0. The number of carbonyl (C=O) groups excluding carboxylic acids is 1. The summed E-state index contributed by atoms with van der Waals surface area (Å²) in [5.74, 6) is 1.08. The molecule has 0 spiro atoms. The smallest absolute Gasteiger partial charge is 0.312 e. The minimum atomic E-state index is -0.430. The Labute approximate surface area is 231 Å². The van der Waals surface area contributed by atoms with E-state index in [1.807, 2.05) is 0 Å². The molecule has 9 atom stereocenters. The van der Waals surface area contributed by atoms with E-state index in [0.717, 1.165) is 64.2 Å². The van der Waals surface area contributed by atoms with Gasteiger partial charge >= 0.3 is 5.97 Å². The van der Waals surface area contributed by atoms with Gasteiger partial charge in [0.1, 0.15) is 6.61 Å². The number of aliphatic hydroxyl groups is 2. The van der Waals surface area contributed by atoms with E-state index in [1.165, 1.54) is 0 Å². The SMILES string of the molecule is COCCOC(=O)[C@]12CCC(C)(C)C[C@@H]1C1=CC[C@@H]3[C@@]4(C)CC[C@H](O)[C@@](C)(CO)C4CC[C@@]3(C)[C@]1(C)CC2. The van der Waals surface area contributed by atoms with Crippen LogP contribution in [-0.2, 0) is 14.3 Å². The maximum atomic E-state index is 13.8. The van der Waals surface area contributed by atoms with Crippen molar-refractivity contribution in [2.24, 2.45) is 50.2 Å². The van der Waals surface area contributed by atoms with Crippen LogP contribution in [0.1, 0.15) is 106 Å². The molecular formula is C33H54O5. The van der Waals surface area contributed by atoms with Gasteiger partial charge < -0.3 is 19.7 Å². The summed E-state index contributed by atoms with van der Waals surface area (Å²) in [7, 11) is 1.65. The molecule has 38 heavy (non-hydrogen) atoms. The summed E-state index contributed by atoms with van der Waals surface area (Å²) in [4.78, 5) is 13.8. The van der Waals surface area contributed by atoms with Gasteiger partial charge in [-0.15, -0.1) is 0 Å². The van der Waals surface area contributed by atoms with Crippen LogP contribution in [0.4, 0.5) is 0 Å². The highest BCUT2D eigenvalue weighted by Gasteiger charge is 2.69. The maximum Gasteiger partial charge on any atom is 0.312 e. The van der Waals surface area contributed by atoms with E-state index in [-0.39, 0.29) is 40.2 Å². The van der Waals surface area contributed by atoms with E-state index in [9.17, 15) is 15.0 Å². The normalized spacial score (nSPS) is 49.6. The van der Waals surface area contributed by atoms with Gasteiger partial charge in [0.15, 0.2) is 0 Å². The summed E-state index contributed by atoms with van der Waals surface area (Å²) in [5.41, 5.74) is 1.18. The van der Waals surface area contributed by atoms with Gasteiger partial charge in [-0.3, -0.25) is 4.79 Å². The van der Waals surface area contributed by atoms with E-state index in [4.69, 9.17) is 9.47 Å².